The molecule has 0 saturated heterocycles. The largest absolute Gasteiger partial charge is 0.618 e. The molecule has 8 heteroatoms. The molecule has 1 aliphatic carbocycles. The molecule has 1 N–H and O–H groups in total. The second-order valence-electron chi connectivity index (χ2n) is 7.90. The fourth-order valence-corrected chi connectivity index (χ4v) is 4.43. The summed E-state index contributed by atoms with van der Waals surface area (Å²) in [6.07, 6.45) is 6.55. The van der Waals surface area contributed by atoms with Gasteiger partial charge < -0.3 is 15.3 Å². The van der Waals surface area contributed by atoms with Crippen molar-refractivity contribution < 1.29 is 19.1 Å². The number of amides is 1. The lowest BCUT2D eigenvalue weighted by Crippen LogP contribution is -2.37. The first-order chi connectivity index (χ1) is 15.1. The van der Waals surface area contributed by atoms with Crippen LogP contribution in [0.4, 0.5) is 5.82 Å². The van der Waals surface area contributed by atoms with Crippen LogP contribution in [0.1, 0.15) is 41.7 Å². The number of carbonyl (C=O) groups is 2. The number of hydrogen-bond donors (Lipinski definition) is 1. The number of aromatic nitrogens is 3. The van der Waals surface area contributed by atoms with Crippen molar-refractivity contribution in [2.75, 3.05) is 5.32 Å². The van der Waals surface area contributed by atoms with E-state index in [1.54, 1.807) is 24.5 Å². The molecule has 0 atom stereocenters. The fraction of sp³-hybridized carbons (Fsp3) is 0.261. The molecule has 0 unspecified atom stereocenters. The number of pyridine rings is 1. The van der Waals surface area contributed by atoms with Crippen molar-refractivity contribution >= 4 is 17.7 Å². The summed E-state index contributed by atoms with van der Waals surface area (Å²) in [5.41, 5.74) is 1.55. The van der Waals surface area contributed by atoms with E-state index in [-0.39, 0.29) is 17.5 Å². The normalized spacial score (nSPS) is 22.1. The van der Waals surface area contributed by atoms with Crippen LogP contribution in [0.2, 0.25) is 0 Å². The third kappa shape index (κ3) is 3.39. The fourth-order valence-electron chi connectivity index (χ4n) is 4.43. The van der Waals surface area contributed by atoms with E-state index in [0.29, 0.717) is 41.8 Å². The summed E-state index contributed by atoms with van der Waals surface area (Å²) in [5.74, 6) is -0.558. The van der Waals surface area contributed by atoms with Gasteiger partial charge in [-0.05, 0) is 31.7 Å². The molecule has 2 aliphatic rings. The molecule has 3 aromatic rings. The van der Waals surface area contributed by atoms with Crippen molar-refractivity contribution in [3.05, 3.63) is 77.5 Å². The number of anilines is 1. The molecule has 1 saturated carbocycles. The molecule has 3 heterocycles. The summed E-state index contributed by atoms with van der Waals surface area (Å²) in [4.78, 5) is 33.6. The maximum Gasteiger partial charge on any atom is 0.406 e. The highest BCUT2D eigenvalue weighted by Gasteiger charge is 2.52. The Balaban J connectivity index is 1.24. The zero-order valence-electron chi connectivity index (χ0n) is 16.7. The van der Waals surface area contributed by atoms with E-state index >= 15 is 0 Å². The van der Waals surface area contributed by atoms with Gasteiger partial charge in [-0.1, -0.05) is 30.3 Å². The molecular formula is C23H20N4O4. The quantitative estimate of drug-likeness (QED) is 0.400. The van der Waals surface area contributed by atoms with Crippen LogP contribution in [0.5, 0.6) is 0 Å². The Kier molecular flexibility index (Phi) is 4.62. The summed E-state index contributed by atoms with van der Waals surface area (Å²) >= 11 is 0. The molecule has 31 heavy (non-hydrogen) atoms. The van der Waals surface area contributed by atoms with E-state index in [9.17, 15) is 14.8 Å². The lowest BCUT2D eigenvalue weighted by atomic mass is 9.75. The van der Waals surface area contributed by atoms with Gasteiger partial charge in [-0.2, -0.15) is 4.73 Å². The minimum Gasteiger partial charge on any atom is -0.618 e. The molecule has 5 rings (SSSR count). The second kappa shape index (κ2) is 7.46. The Hall–Kier alpha value is -3.81. The standard InChI is InChI=1S/C23H20N4O4/c28-21(26-19-14-24-18(13-25-19)15-5-2-1-3-6-15)16-8-10-23(11-9-16)17-7-4-12-27(30)20(17)22(29)31-23/h1-7,12-14,16H,8-11H2,(H,25,26,28)/t16-,23-. The molecule has 1 amide bonds. The van der Waals surface area contributed by atoms with Crippen LogP contribution in [0.25, 0.3) is 11.3 Å². The number of nitrogens with zero attached hydrogens (tertiary/aromatic N) is 3. The van der Waals surface area contributed by atoms with E-state index in [2.05, 4.69) is 15.3 Å². The predicted molar refractivity (Wildman–Crippen MR) is 111 cm³/mol. The Morgan fingerprint density at radius 3 is 2.58 bits per heavy atom. The van der Waals surface area contributed by atoms with E-state index in [0.717, 1.165) is 11.3 Å². The second-order valence-corrected chi connectivity index (χ2v) is 7.90. The van der Waals surface area contributed by atoms with Crippen molar-refractivity contribution in [2.24, 2.45) is 5.92 Å². The van der Waals surface area contributed by atoms with Crippen molar-refractivity contribution in [1.82, 2.24) is 9.97 Å². The Labute approximate surface area is 178 Å². The highest BCUT2D eigenvalue weighted by molar-refractivity contribution is 5.92. The number of fused-ring (bicyclic) bond motifs is 2. The van der Waals surface area contributed by atoms with Crippen molar-refractivity contribution in [1.29, 1.82) is 0 Å². The topological polar surface area (TPSA) is 108 Å². The van der Waals surface area contributed by atoms with Crippen LogP contribution in [-0.4, -0.2) is 21.8 Å². The van der Waals surface area contributed by atoms with E-state index in [1.807, 2.05) is 30.3 Å². The molecule has 2 aromatic heterocycles. The molecule has 1 fully saturated rings. The van der Waals surface area contributed by atoms with E-state index in [1.165, 1.54) is 6.20 Å². The molecule has 0 radical (unpaired) electrons. The molecule has 0 bridgehead atoms. The van der Waals surface area contributed by atoms with Gasteiger partial charge in [0.1, 0.15) is 5.60 Å². The number of carbonyl (C=O) groups excluding carboxylic acids is 2. The molecule has 1 aliphatic heterocycles. The van der Waals surface area contributed by atoms with Crippen molar-refractivity contribution in [2.45, 2.75) is 31.3 Å². The third-order valence-electron chi connectivity index (χ3n) is 6.07. The SMILES string of the molecule is O=C1O[C@]2(CC[C@H](C(=O)Nc3cnc(-c4ccccc4)cn3)CC2)c2ccc[n+]([O-])c21. The van der Waals surface area contributed by atoms with Gasteiger partial charge in [0.2, 0.25) is 5.91 Å². The molecular weight excluding hydrogens is 396 g/mol. The van der Waals surface area contributed by atoms with Gasteiger partial charge in [0.25, 0.3) is 0 Å². The van der Waals surface area contributed by atoms with Crippen LogP contribution < -0.4 is 10.0 Å². The van der Waals surface area contributed by atoms with Crippen LogP contribution in [-0.2, 0) is 15.1 Å². The Bertz CT molecular complexity index is 1140. The van der Waals surface area contributed by atoms with Gasteiger partial charge in [-0.25, -0.2) is 9.78 Å². The number of ether oxygens (including phenoxy) is 1. The van der Waals surface area contributed by atoms with E-state index in [4.69, 9.17) is 4.74 Å². The zero-order chi connectivity index (χ0) is 21.4. The van der Waals surface area contributed by atoms with Gasteiger partial charge >= 0.3 is 11.7 Å². The number of esters is 1. The van der Waals surface area contributed by atoms with Gasteiger partial charge in [0.05, 0.1) is 23.7 Å². The average molecular weight is 416 g/mol. The van der Waals surface area contributed by atoms with Gasteiger partial charge in [0.15, 0.2) is 12.0 Å². The highest BCUT2D eigenvalue weighted by Crippen LogP contribution is 2.47. The van der Waals surface area contributed by atoms with E-state index < -0.39 is 11.6 Å². The summed E-state index contributed by atoms with van der Waals surface area (Å²) in [7, 11) is 0. The lowest BCUT2D eigenvalue weighted by Gasteiger charge is -2.35. The lowest BCUT2D eigenvalue weighted by molar-refractivity contribution is -0.608. The first-order valence-corrected chi connectivity index (χ1v) is 10.2. The molecule has 156 valence electrons. The maximum absolute atomic E-state index is 12.7. The van der Waals surface area contributed by atoms with Gasteiger partial charge in [-0.15, -0.1) is 0 Å². The minimum absolute atomic E-state index is 0.0548. The molecule has 1 aromatic carbocycles. The first-order valence-electron chi connectivity index (χ1n) is 10.2. The maximum atomic E-state index is 12.7. The zero-order valence-corrected chi connectivity index (χ0v) is 16.7. The monoisotopic (exact) mass is 416 g/mol. The summed E-state index contributed by atoms with van der Waals surface area (Å²) in [6.45, 7) is 0. The first kappa shape index (κ1) is 19.2. The predicted octanol–water partition coefficient (Wildman–Crippen LogP) is 2.97. The van der Waals surface area contributed by atoms with Gasteiger partial charge in [0, 0.05) is 17.5 Å². The number of rotatable bonds is 3. The highest BCUT2D eigenvalue weighted by atomic mass is 16.6. The smallest absolute Gasteiger partial charge is 0.406 e. The van der Waals surface area contributed by atoms with Gasteiger partial charge in [-0.3, -0.25) is 9.78 Å². The molecule has 1 spiro atoms. The summed E-state index contributed by atoms with van der Waals surface area (Å²) < 4.78 is 6.19. The van der Waals surface area contributed by atoms with Crippen molar-refractivity contribution in [3.8, 4) is 11.3 Å². The minimum atomic E-state index is -0.812. The molecule has 8 nitrogen and oxygen atoms in total. The Morgan fingerprint density at radius 1 is 1.10 bits per heavy atom. The summed E-state index contributed by atoms with van der Waals surface area (Å²) in [6, 6.07) is 13.1. The van der Waals surface area contributed by atoms with Crippen LogP contribution >= 0.6 is 0 Å². The van der Waals surface area contributed by atoms with Crippen LogP contribution in [0.3, 0.4) is 0 Å². The third-order valence-corrected chi connectivity index (χ3v) is 6.07. The van der Waals surface area contributed by atoms with Crippen LogP contribution in [0, 0.1) is 11.1 Å². The number of nitrogens with one attached hydrogen (secondary N) is 1. The number of benzene rings is 1. The van der Waals surface area contributed by atoms with Crippen molar-refractivity contribution in [3.63, 3.8) is 0 Å². The Morgan fingerprint density at radius 2 is 1.87 bits per heavy atom. The summed E-state index contributed by atoms with van der Waals surface area (Å²) in [5, 5.41) is 14.8. The number of hydrogen-bond acceptors (Lipinski definition) is 6. The average Bonchev–Trinajstić information content (AvgIpc) is 3.07. The van der Waals surface area contributed by atoms with Crippen LogP contribution in [0.15, 0.2) is 61.1 Å².